The summed E-state index contributed by atoms with van der Waals surface area (Å²) >= 11 is 0. The number of nitrogens with one attached hydrogen (secondary N) is 1. The molecule has 13 heavy (non-hydrogen) atoms. The second-order valence-corrected chi connectivity index (χ2v) is 2.37. The summed E-state index contributed by atoms with van der Waals surface area (Å²) in [4.78, 5) is 25.0. The van der Waals surface area contributed by atoms with Crippen LogP contribution in [-0.4, -0.2) is 19.9 Å². The van der Waals surface area contributed by atoms with E-state index in [1.807, 2.05) is 0 Å². The van der Waals surface area contributed by atoms with Crippen molar-refractivity contribution in [2.75, 3.05) is 0 Å². The molecule has 0 amide bonds. The van der Waals surface area contributed by atoms with Gasteiger partial charge in [0.05, 0.1) is 6.20 Å². The molecular formula is C8H6N4O. The van der Waals surface area contributed by atoms with Crippen LogP contribution in [0.15, 0.2) is 35.6 Å². The monoisotopic (exact) mass is 174 g/mol. The smallest absolute Gasteiger partial charge is 0.266 e. The van der Waals surface area contributed by atoms with Gasteiger partial charge in [-0.25, -0.2) is 15.0 Å². The van der Waals surface area contributed by atoms with Gasteiger partial charge >= 0.3 is 0 Å². The Balaban J connectivity index is 2.48. The lowest BCUT2D eigenvalue weighted by atomic mass is 10.4. The van der Waals surface area contributed by atoms with E-state index in [2.05, 4.69) is 19.9 Å². The van der Waals surface area contributed by atoms with Crippen LogP contribution in [0.25, 0.3) is 11.5 Å². The van der Waals surface area contributed by atoms with E-state index in [-0.39, 0.29) is 5.56 Å². The molecule has 0 fully saturated rings. The molecule has 0 aliphatic carbocycles. The third-order valence-electron chi connectivity index (χ3n) is 1.47. The first-order valence-electron chi connectivity index (χ1n) is 3.68. The van der Waals surface area contributed by atoms with E-state index in [4.69, 9.17) is 0 Å². The van der Waals surface area contributed by atoms with Gasteiger partial charge in [-0.1, -0.05) is 0 Å². The van der Waals surface area contributed by atoms with Crippen LogP contribution in [0, 0.1) is 0 Å². The SMILES string of the molecule is O=c1cnc(-c2ncccn2)c[nH]1. The van der Waals surface area contributed by atoms with Gasteiger partial charge in [0.1, 0.15) is 5.69 Å². The fourth-order valence-electron chi connectivity index (χ4n) is 0.896. The fraction of sp³-hybridized carbons (Fsp3) is 0. The van der Waals surface area contributed by atoms with Crippen molar-refractivity contribution in [3.8, 4) is 11.5 Å². The van der Waals surface area contributed by atoms with Gasteiger partial charge in [0.25, 0.3) is 5.56 Å². The average Bonchev–Trinajstić information content (AvgIpc) is 2.20. The number of nitrogens with zero attached hydrogens (tertiary/aromatic N) is 3. The largest absolute Gasteiger partial charge is 0.325 e. The summed E-state index contributed by atoms with van der Waals surface area (Å²) in [5.74, 6) is 0.499. The Hall–Kier alpha value is -2.04. The lowest BCUT2D eigenvalue weighted by Gasteiger charge is -1.95. The molecule has 2 rings (SSSR count). The van der Waals surface area contributed by atoms with Crippen molar-refractivity contribution in [1.29, 1.82) is 0 Å². The highest BCUT2D eigenvalue weighted by molar-refractivity contribution is 5.45. The molecule has 0 radical (unpaired) electrons. The van der Waals surface area contributed by atoms with Crippen LogP contribution in [0.1, 0.15) is 0 Å². The second kappa shape index (κ2) is 3.14. The van der Waals surface area contributed by atoms with Gasteiger partial charge in [0.15, 0.2) is 5.82 Å². The first-order valence-corrected chi connectivity index (χ1v) is 3.68. The van der Waals surface area contributed by atoms with Crippen LogP contribution in [0.4, 0.5) is 0 Å². The third-order valence-corrected chi connectivity index (χ3v) is 1.47. The van der Waals surface area contributed by atoms with Crippen LogP contribution in [0.2, 0.25) is 0 Å². The minimum atomic E-state index is -0.236. The van der Waals surface area contributed by atoms with E-state index in [1.165, 1.54) is 12.4 Å². The third kappa shape index (κ3) is 1.58. The number of hydrogen-bond acceptors (Lipinski definition) is 4. The van der Waals surface area contributed by atoms with E-state index in [1.54, 1.807) is 18.5 Å². The lowest BCUT2D eigenvalue weighted by molar-refractivity contribution is 1.09. The molecular weight excluding hydrogens is 168 g/mol. The second-order valence-electron chi connectivity index (χ2n) is 2.37. The number of H-pyrrole nitrogens is 1. The molecule has 2 heterocycles. The van der Waals surface area contributed by atoms with Gasteiger partial charge in [0, 0.05) is 18.6 Å². The predicted molar refractivity (Wildman–Crippen MR) is 45.9 cm³/mol. The summed E-state index contributed by atoms with van der Waals surface area (Å²) < 4.78 is 0. The van der Waals surface area contributed by atoms with E-state index < -0.39 is 0 Å². The lowest BCUT2D eigenvalue weighted by Crippen LogP contribution is -2.05. The van der Waals surface area contributed by atoms with Crippen LogP contribution >= 0.6 is 0 Å². The van der Waals surface area contributed by atoms with Gasteiger partial charge in [-0.2, -0.15) is 0 Å². The molecule has 2 aromatic heterocycles. The number of aromatic nitrogens is 4. The zero-order valence-corrected chi connectivity index (χ0v) is 6.64. The Labute approximate surface area is 73.5 Å². The zero-order valence-electron chi connectivity index (χ0n) is 6.64. The van der Waals surface area contributed by atoms with Crippen molar-refractivity contribution in [3.05, 3.63) is 41.2 Å². The summed E-state index contributed by atoms with van der Waals surface area (Å²) in [5, 5.41) is 0. The van der Waals surface area contributed by atoms with Gasteiger partial charge in [-0.3, -0.25) is 4.79 Å². The Morgan fingerprint density at radius 3 is 2.54 bits per heavy atom. The van der Waals surface area contributed by atoms with Crippen LogP contribution in [0.5, 0.6) is 0 Å². The van der Waals surface area contributed by atoms with Crippen LogP contribution < -0.4 is 5.56 Å². The number of hydrogen-bond donors (Lipinski definition) is 1. The molecule has 64 valence electrons. The molecule has 0 saturated heterocycles. The summed E-state index contributed by atoms with van der Waals surface area (Å²) in [6.45, 7) is 0. The molecule has 2 aromatic rings. The molecule has 5 nitrogen and oxygen atoms in total. The first-order chi connectivity index (χ1) is 6.36. The molecule has 0 saturated carbocycles. The summed E-state index contributed by atoms with van der Waals surface area (Å²) in [7, 11) is 0. The normalized spacial score (nSPS) is 9.85. The Morgan fingerprint density at radius 1 is 1.15 bits per heavy atom. The highest BCUT2D eigenvalue weighted by Crippen LogP contribution is 2.05. The van der Waals surface area contributed by atoms with E-state index >= 15 is 0 Å². The average molecular weight is 174 g/mol. The van der Waals surface area contributed by atoms with E-state index in [0.717, 1.165) is 0 Å². The van der Waals surface area contributed by atoms with Crippen molar-refractivity contribution >= 4 is 0 Å². The Bertz CT molecular complexity index is 431. The molecule has 0 spiro atoms. The van der Waals surface area contributed by atoms with Crippen LogP contribution in [-0.2, 0) is 0 Å². The summed E-state index contributed by atoms with van der Waals surface area (Å²) in [5.41, 5.74) is 0.319. The molecule has 0 aliphatic heterocycles. The fourth-order valence-corrected chi connectivity index (χ4v) is 0.896. The predicted octanol–water partition coefficient (Wildman–Crippen LogP) is 0.227. The molecule has 0 aromatic carbocycles. The minimum absolute atomic E-state index is 0.236. The molecule has 0 unspecified atom stereocenters. The maximum absolute atomic E-state index is 10.7. The van der Waals surface area contributed by atoms with Gasteiger partial charge in [0.2, 0.25) is 0 Å². The zero-order chi connectivity index (χ0) is 9.10. The highest BCUT2D eigenvalue weighted by Gasteiger charge is 1.99. The van der Waals surface area contributed by atoms with Crippen molar-refractivity contribution < 1.29 is 0 Å². The van der Waals surface area contributed by atoms with E-state index in [9.17, 15) is 4.79 Å². The molecule has 0 atom stereocenters. The topological polar surface area (TPSA) is 71.5 Å². The maximum Gasteiger partial charge on any atom is 0.266 e. The molecule has 0 bridgehead atoms. The van der Waals surface area contributed by atoms with Crippen LogP contribution in [0.3, 0.4) is 0 Å². The maximum atomic E-state index is 10.7. The standard InChI is InChI=1S/C8H6N4O/c13-7-5-11-6(4-12-7)8-9-2-1-3-10-8/h1-5H,(H,12,13). The van der Waals surface area contributed by atoms with Crippen molar-refractivity contribution in [2.45, 2.75) is 0 Å². The number of aromatic amines is 1. The highest BCUT2D eigenvalue weighted by atomic mass is 16.1. The van der Waals surface area contributed by atoms with E-state index in [0.29, 0.717) is 11.5 Å². The van der Waals surface area contributed by atoms with Crippen molar-refractivity contribution in [2.24, 2.45) is 0 Å². The summed E-state index contributed by atoms with van der Waals surface area (Å²) in [6, 6.07) is 1.72. The quantitative estimate of drug-likeness (QED) is 0.671. The Morgan fingerprint density at radius 2 is 1.92 bits per heavy atom. The minimum Gasteiger partial charge on any atom is -0.325 e. The molecule has 0 aliphatic rings. The molecule has 1 N–H and O–H groups in total. The molecule has 5 heteroatoms. The van der Waals surface area contributed by atoms with Gasteiger partial charge in [-0.15, -0.1) is 0 Å². The summed E-state index contributed by atoms with van der Waals surface area (Å²) in [6.07, 6.45) is 5.92. The van der Waals surface area contributed by atoms with Gasteiger partial charge < -0.3 is 4.98 Å². The van der Waals surface area contributed by atoms with Gasteiger partial charge in [-0.05, 0) is 6.07 Å². The first kappa shape index (κ1) is 7.60. The number of rotatable bonds is 1. The van der Waals surface area contributed by atoms with Crippen molar-refractivity contribution in [1.82, 2.24) is 19.9 Å². The Kier molecular flexibility index (Phi) is 1.84. The van der Waals surface area contributed by atoms with Crippen molar-refractivity contribution in [3.63, 3.8) is 0 Å².